The van der Waals surface area contributed by atoms with Gasteiger partial charge >= 0.3 is 6.36 Å². The summed E-state index contributed by atoms with van der Waals surface area (Å²) in [5, 5.41) is 23.4. The Morgan fingerprint density at radius 2 is 1.98 bits per heavy atom. The largest absolute Gasteiger partial charge is 0.573 e. The minimum atomic E-state index is -4.80. The molecule has 2 bridgehead atoms. The summed E-state index contributed by atoms with van der Waals surface area (Å²) >= 11 is 0. The third-order valence-corrected chi connectivity index (χ3v) is 10.0. The number of rotatable bonds is 7. The summed E-state index contributed by atoms with van der Waals surface area (Å²) in [7, 11) is 3.26. The molecule has 3 aliphatic carbocycles. The van der Waals surface area contributed by atoms with Crippen LogP contribution in [-0.4, -0.2) is 77.2 Å². The van der Waals surface area contributed by atoms with Gasteiger partial charge in [0, 0.05) is 42.7 Å². The number of carbonyl (C=O) groups excluding carboxylic acids is 1. The van der Waals surface area contributed by atoms with Crippen molar-refractivity contribution in [2.75, 3.05) is 27.2 Å². The smallest absolute Gasteiger partial charge is 0.504 e. The zero-order chi connectivity index (χ0) is 29.9. The fourth-order valence-corrected chi connectivity index (χ4v) is 7.83. The lowest BCUT2D eigenvalue weighted by molar-refractivity contribution is -0.274. The third kappa shape index (κ3) is 5.02. The van der Waals surface area contributed by atoms with Crippen LogP contribution in [0.2, 0.25) is 0 Å². The summed E-state index contributed by atoms with van der Waals surface area (Å²) in [6.07, 6.45) is 3.46. The SMILES string of the molecule is COc1c(O)ccc2c1[C@]13CCN(CC4CC4)[C@H](C2)[C@]1(O)CC[C@@H](N(C)C(=O)C=Cc1cccc(OC(F)(F)F)c1)C3. The van der Waals surface area contributed by atoms with Crippen molar-refractivity contribution in [2.45, 2.75) is 74.4 Å². The molecule has 4 atom stereocenters. The van der Waals surface area contributed by atoms with Crippen molar-refractivity contribution in [3.63, 3.8) is 0 Å². The predicted octanol–water partition coefficient (Wildman–Crippen LogP) is 5.03. The van der Waals surface area contributed by atoms with Gasteiger partial charge in [0.05, 0.1) is 12.7 Å². The van der Waals surface area contributed by atoms with Gasteiger partial charge in [0.25, 0.3) is 0 Å². The van der Waals surface area contributed by atoms with Crippen LogP contribution < -0.4 is 9.47 Å². The summed E-state index contributed by atoms with van der Waals surface area (Å²) < 4.78 is 47.6. The minimum absolute atomic E-state index is 0.0399. The number of methoxy groups -OCH3 is 1. The molecule has 226 valence electrons. The van der Waals surface area contributed by atoms with Gasteiger partial charge in [0.2, 0.25) is 5.91 Å². The molecule has 0 unspecified atom stereocenters. The molecule has 42 heavy (non-hydrogen) atoms. The molecule has 7 nitrogen and oxygen atoms in total. The summed E-state index contributed by atoms with van der Waals surface area (Å²) in [5.74, 6) is 0.482. The molecule has 2 N–H and O–H groups in total. The first-order chi connectivity index (χ1) is 19.9. The molecule has 1 amide bonds. The van der Waals surface area contributed by atoms with Crippen molar-refractivity contribution < 1.29 is 37.7 Å². The quantitative estimate of drug-likeness (QED) is 0.443. The number of alkyl halides is 3. The van der Waals surface area contributed by atoms with Crippen molar-refractivity contribution in [1.82, 2.24) is 9.80 Å². The highest BCUT2D eigenvalue weighted by molar-refractivity contribution is 5.92. The van der Waals surface area contributed by atoms with Crippen LogP contribution in [0.4, 0.5) is 13.2 Å². The number of carbonyl (C=O) groups is 1. The molecule has 0 radical (unpaired) electrons. The number of aromatic hydroxyl groups is 1. The topological polar surface area (TPSA) is 82.5 Å². The van der Waals surface area contributed by atoms with E-state index in [-0.39, 0.29) is 29.5 Å². The fourth-order valence-electron chi connectivity index (χ4n) is 7.83. The lowest BCUT2D eigenvalue weighted by Crippen LogP contribution is -2.74. The number of halogens is 3. The van der Waals surface area contributed by atoms with Crippen LogP contribution in [0, 0.1) is 5.92 Å². The summed E-state index contributed by atoms with van der Waals surface area (Å²) in [4.78, 5) is 17.5. The lowest BCUT2D eigenvalue weighted by Gasteiger charge is -2.65. The Hall–Kier alpha value is -3.24. The Balaban J connectivity index is 1.28. The fraction of sp³-hybridized carbons (Fsp3) is 0.531. The predicted molar refractivity (Wildman–Crippen MR) is 150 cm³/mol. The van der Waals surface area contributed by atoms with Crippen molar-refractivity contribution in [1.29, 1.82) is 0 Å². The second-order valence-electron chi connectivity index (χ2n) is 12.4. The van der Waals surface area contributed by atoms with E-state index in [1.165, 1.54) is 50.3 Å². The second-order valence-corrected chi connectivity index (χ2v) is 12.4. The Bertz CT molecular complexity index is 1390. The number of hydrogen-bond acceptors (Lipinski definition) is 6. The van der Waals surface area contributed by atoms with Crippen LogP contribution in [0.25, 0.3) is 6.08 Å². The maximum atomic E-state index is 13.3. The van der Waals surface area contributed by atoms with Crippen molar-refractivity contribution in [3.8, 4) is 17.2 Å². The van der Waals surface area contributed by atoms with Gasteiger partial charge in [-0.05, 0) is 92.8 Å². The van der Waals surface area contributed by atoms with Gasteiger partial charge in [0.1, 0.15) is 5.75 Å². The van der Waals surface area contributed by atoms with E-state index < -0.39 is 17.4 Å². The van der Waals surface area contributed by atoms with Gasteiger partial charge in [-0.3, -0.25) is 9.69 Å². The molecule has 1 saturated heterocycles. The molecule has 0 aromatic heterocycles. The van der Waals surface area contributed by atoms with E-state index in [2.05, 4.69) is 9.64 Å². The number of likely N-dealkylation sites (tertiary alicyclic amines) is 1. The highest BCUT2D eigenvalue weighted by Crippen LogP contribution is 2.61. The first kappa shape index (κ1) is 28.9. The molecule has 2 aromatic carbocycles. The number of phenolic OH excluding ortho intramolecular Hbond substituents is 1. The van der Waals surface area contributed by atoms with E-state index in [1.807, 2.05) is 6.07 Å². The van der Waals surface area contributed by atoms with E-state index in [1.54, 1.807) is 24.1 Å². The zero-order valence-corrected chi connectivity index (χ0v) is 23.9. The first-order valence-electron chi connectivity index (χ1n) is 14.6. The summed E-state index contributed by atoms with van der Waals surface area (Å²) in [6.45, 7) is 1.80. The number of fused-ring (bicyclic) bond motifs is 1. The molecule has 10 heteroatoms. The van der Waals surface area contributed by atoms with Gasteiger partial charge < -0.3 is 24.6 Å². The minimum Gasteiger partial charge on any atom is -0.504 e. The van der Waals surface area contributed by atoms with Crippen LogP contribution in [0.15, 0.2) is 42.5 Å². The van der Waals surface area contributed by atoms with Crippen molar-refractivity contribution in [3.05, 3.63) is 59.2 Å². The Kier molecular flexibility index (Phi) is 7.20. The molecule has 1 heterocycles. The Morgan fingerprint density at radius 1 is 1.19 bits per heavy atom. The van der Waals surface area contributed by atoms with Crippen LogP contribution in [-0.2, 0) is 16.6 Å². The van der Waals surface area contributed by atoms with Crippen LogP contribution >= 0.6 is 0 Å². The molecule has 2 aromatic rings. The second kappa shape index (κ2) is 10.5. The summed E-state index contributed by atoms with van der Waals surface area (Å²) in [6, 6.07) is 8.82. The monoisotopic (exact) mass is 586 g/mol. The number of aliphatic hydroxyl groups is 1. The molecular formula is C32H37F3N2O5. The Morgan fingerprint density at radius 3 is 2.69 bits per heavy atom. The van der Waals surface area contributed by atoms with E-state index in [0.29, 0.717) is 49.3 Å². The molecule has 6 rings (SSSR count). The number of nitrogens with zero attached hydrogens (tertiary/aromatic N) is 2. The van der Waals surface area contributed by atoms with Crippen LogP contribution in [0.5, 0.6) is 17.2 Å². The zero-order valence-electron chi connectivity index (χ0n) is 23.9. The highest BCUT2D eigenvalue weighted by atomic mass is 19.4. The highest BCUT2D eigenvalue weighted by Gasteiger charge is 2.66. The van der Waals surface area contributed by atoms with Gasteiger partial charge in [-0.25, -0.2) is 0 Å². The van der Waals surface area contributed by atoms with Gasteiger partial charge in [0.15, 0.2) is 11.5 Å². The number of likely N-dealkylation sites (N-methyl/N-ethyl adjacent to an activating group) is 1. The van der Waals surface area contributed by atoms with Gasteiger partial charge in [-0.2, -0.15) is 0 Å². The van der Waals surface area contributed by atoms with Crippen molar-refractivity contribution in [2.24, 2.45) is 5.92 Å². The Labute approximate surface area is 243 Å². The standard InChI is InChI=1S/C32H37F3N2O5/c1-36(27(39)11-8-20-4-3-5-24(16-20)42-32(33,34)35)23-12-13-31(40)26-17-22-9-10-25(38)29(41-2)28(22)30(31,18-23)14-15-37(26)19-21-6-7-21/h3-5,8-11,16,21,23,26,38,40H,6-7,12-15,17-19H2,1-2H3/t23-,26-,30-,31-/m1/s1. The average molecular weight is 587 g/mol. The van der Waals surface area contributed by atoms with Gasteiger partial charge in [-0.15, -0.1) is 13.2 Å². The molecule has 3 fully saturated rings. The third-order valence-electron chi connectivity index (χ3n) is 10.0. The number of amides is 1. The number of ether oxygens (including phenoxy) is 2. The lowest BCUT2D eigenvalue weighted by atomic mass is 9.48. The number of benzene rings is 2. The molecule has 0 spiro atoms. The number of hydrogen-bond donors (Lipinski definition) is 2. The first-order valence-corrected chi connectivity index (χ1v) is 14.6. The molecule has 4 aliphatic rings. The van der Waals surface area contributed by atoms with Gasteiger partial charge in [-0.1, -0.05) is 18.2 Å². The summed E-state index contributed by atoms with van der Waals surface area (Å²) in [5.41, 5.74) is 0.582. The van der Waals surface area contributed by atoms with E-state index in [9.17, 15) is 28.2 Å². The maximum Gasteiger partial charge on any atom is 0.573 e. The number of phenols is 1. The molecule has 1 aliphatic heterocycles. The van der Waals surface area contributed by atoms with Crippen molar-refractivity contribution >= 4 is 12.0 Å². The molecular weight excluding hydrogens is 549 g/mol. The molecule has 2 saturated carbocycles. The van der Waals surface area contributed by atoms with E-state index in [0.717, 1.165) is 24.2 Å². The average Bonchev–Trinajstić information content (AvgIpc) is 3.76. The van der Waals surface area contributed by atoms with Crippen LogP contribution in [0.3, 0.4) is 0 Å². The van der Waals surface area contributed by atoms with E-state index >= 15 is 0 Å². The maximum absolute atomic E-state index is 13.3. The number of piperidine rings is 1. The van der Waals surface area contributed by atoms with Crippen LogP contribution in [0.1, 0.15) is 55.2 Å². The normalized spacial score (nSPS) is 29.1. The van der Waals surface area contributed by atoms with E-state index in [4.69, 9.17) is 4.74 Å².